The van der Waals surface area contributed by atoms with Crippen molar-refractivity contribution < 1.29 is 14.3 Å². The van der Waals surface area contributed by atoms with Crippen LogP contribution in [0.15, 0.2) is 23.8 Å². The number of amides is 1. The maximum absolute atomic E-state index is 12.1. The zero-order chi connectivity index (χ0) is 17.2. The predicted octanol–water partition coefficient (Wildman–Crippen LogP) is 3.80. The van der Waals surface area contributed by atoms with Crippen LogP contribution in [0.25, 0.3) is 6.08 Å². The van der Waals surface area contributed by atoms with Gasteiger partial charge in [0.25, 0.3) is 5.91 Å². The second-order valence-electron chi connectivity index (χ2n) is 5.81. The smallest absolute Gasteiger partial charge is 0.261 e. The van der Waals surface area contributed by atoms with Crippen LogP contribution in [0.5, 0.6) is 11.5 Å². The molecule has 1 aliphatic rings. The summed E-state index contributed by atoms with van der Waals surface area (Å²) in [5.41, 5.74) is 0.838. The fourth-order valence-electron chi connectivity index (χ4n) is 2.52. The van der Waals surface area contributed by atoms with Gasteiger partial charge in [-0.3, -0.25) is 4.79 Å². The van der Waals surface area contributed by atoms with Crippen LogP contribution in [-0.4, -0.2) is 19.2 Å². The number of benzene rings is 1. The molecule has 1 heterocycles. The highest BCUT2D eigenvalue weighted by Crippen LogP contribution is 2.33. The fourth-order valence-corrected chi connectivity index (χ4v) is 2.52. The van der Waals surface area contributed by atoms with Gasteiger partial charge in [0.1, 0.15) is 11.6 Å². The van der Waals surface area contributed by atoms with E-state index in [9.17, 15) is 10.1 Å². The van der Waals surface area contributed by atoms with Crippen molar-refractivity contribution >= 4 is 12.0 Å². The number of nitriles is 1. The molecule has 128 valence electrons. The Kier molecular flexibility index (Phi) is 7.16. The van der Waals surface area contributed by atoms with E-state index in [0.717, 1.165) is 18.4 Å². The van der Waals surface area contributed by atoms with Gasteiger partial charge in [-0.2, -0.15) is 5.26 Å². The van der Waals surface area contributed by atoms with Crippen LogP contribution >= 0.6 is 0 Å². The molecule has 5 nitrogen and oxygen atoms in total. The predicted molar refractivity (Wildman–Crippen MR) is 92.5 cm³/mol. The maximum atomic E-state index is 12.1. The molecular weight excluding hydrogens is 304 g/mol. The molecule has 2 rings (SSSR count). The van der Waals surface area contributed by atoms with Crippen LogP contribution in [0.1, 0.15) is 51.0 Å². The molecule has 0 unspecified atom stereocenters. The second kappa shape index (κ2) is 9.61. The van der Waals surface area contributed by atoms with E-state index in [2.05, 4.69) is 12.2 Å². The van der Waals surface area contributed by atoms with Crippen LogP contribution in [-0.2, 0) is 4.79 Å². The van der Waals surface area contributed by atoms with Gasteiger partial charge in [-0.05, 0) is 30.2 Å². The molecule has 1 amide bonds. The Morgan fingerprint density at radius 1 is 1.21 bits per heavy atom. The summed E-state index contributed by atoms with van der Waals surface area (Å²) >= 11 is 0. The normalized spacial score (nSPS) is 12.8. The molecule has 1 aromatic carbocycles. The fraction of sp³-hybridized carbons (Fsp3) is 0.474. The SMILES string of the molecule is CCCCCCCCNC(=O)/C(C#N)=C/c1ccc2c(c1)OCO2. The summed E-state index contributed by atoms with van der Waals surface area (Å²) in [5.74, 6) is 0.982. The van der Waals surface area contributed by atoms with Gasteiger partial charge in [0.15, 0.2) is 11.5 Å². The summed E-state index contributed by atoms with van der Waals surface area (Å²) in [6.45, 7) is 2.99. The van der Waals surface area contributed by atoms with E-state index in [-0.39, 0.29) is 18.3 Å². The second-order valence-corrected chi connectivity index (χ2v) is 5.81. The largest absolute Gasteiger partial charge is 0.454 e. The quantitative estimate of drug-likeness (QED) is 0.425. The van der Waals surface area contributed by atoms with Gasteiger partial charge in [0.2, 0.25) is 6.79 Å². The van der Waals surface area contributed by atoms with Gasteiger partial charge in [0, 0.05) is 6.54 Å². The lowest BCUT2D eigenvalue weighted by Gasteiger charge is -2.05. The van der Waals surface area contributed by atoms with E-state index in [1.807, 2.05) is 6.07 Å². The Balaban J connectivity index is 1.82. The van der Waals surface area contributed by atoms with E-state index < -0.39 is 0 Å². The molecule has 0 bridgehead atoms. The topological polar surface area (TPSA) is 71.4 Å². The number of nitrogens with zero attached hydrogens (tertiary/aromatic N) is 1. The highest BCUT2D eigenvalue weighted by Gasteiger charge is 2.14. The zero-order valence-electron chi connectivity index (χ0n) is 14.1. The molecule has 0 saturated heterocycles. The molecular formula is C19H24N2O3. The molecule has 5 heteroatoms. The molecule has 1 aliphatic heterocycles. The van der Waals surface area contributed by atoms with E-state index in [1.54, 1.807) is 24.3 Å². The van der Waals surface area contributed by atoms with Gasteiger partial charge >= 0.3 is 0 Å². The average Bonchev–Trinajstić information content (AvgIpc) is 3.06. The minimum absolute atomic E-state index is 0.0971. The Bertz CT molecular complexity index is 632. The van der Waals surface area contributed by atoms with Crippen molar-refractivity contribution in [3.8, 4) is 17.6 Å². The molecule has 0 spiro atoms. The highest BCUT2D eigenvalue weighted by molar-refractivity contribution is 6.01. The molecule has 0 saturated carbocycles. The molecule has 24 heavy (non-hydrogen) atoms. The van der Waals surface area contributed by atoms with Crippen molar-refractivity contribution in [2.24, 2.45) is 0 Å². The first kappa shape index (κ1) is 17.9. The van der Waals surface area contributed by atoms with Crippen LogP contribution in [0, 0.1) is 11.3 Å². The van der Waals surface area contributed by atoms with Crippen molar-refractivity contribution in [2.75, 3.05) is 13.3 Å². The molecule has 0 radical (unpaired) electrons. The van der Waals surface area contributed by atoms with Crippen LogP contribution in [0.2, 0.25) is 0 Å². The third-order valence-corrected chi connectivity index (χ3v) is 3.89. The first-order chi connectivity index (χ1) is 11.7. The lowest BCUT2D eigenvalue weighted by Crippen LogP contribution is -2.25. The Morgan fingerprint density at radius 2 is 1.96 bits per heavy atom. The number of nitrogens with one attached hydrogen (secondary N) is 1. The number of rotatable bonds is 9. The minimum Gasteiger partial charge on any atom is -0.454 e. The van der Waals surface area contributed by atoms with Gasteiger partial charge in [-0.1, -0.05) is 45.1 Å². The third kappa shape index (κ3) is 5.31. The number of carbonyl (C=O) groups is 1. The van der Waals surface area contributed by atoms with E-state index >= 15 is 0 Å². The lowest BCUT2D eigenvalue weighted by molar-refractivity contribution is -0.117. The number of hydrogen-bond donors (Lipinski definition) is 1. The van der Waals surface area contributed by atoms with Crippen molar-refractivity contribution in [3.63, 3.8) is 0 Å². The third-order valence-electron chi connectivity index (χ3n) is 3.89. The number of fused-ring (bicyclic) bond motifs is 1. The van der Waals surface area contributed by atoms with Gasteiger partial charge in [-0.15, -0.1) is 0 Å². The number of ether oxygens (including phenoxy) is 2. The Hall–Kier alpha value is -2.48. The van der Waals surface area contributed by atoms with E-state index in [0.29, 0.717) is 18.0 Å². The Morgan fingerprint density at radius 3 is 2.75 bits per heavy atom. The summed E-state index contributed by atoms with van der Waals surface area (Å²) in [6.07, 6.45) is 8.56. The lowest BCUT2D eigenvalue weighted by atomic mass is 10.1. The average molecular weight is 328 g/mol. The number of carbonyl (C=O) groups excluding carboxylic acids is 1. The van der Waals surface area contributed by atoms with E-state index in [4.69, 9.17) is 9.47 Å². The van der Waals surface area contributed by atoms with Gasteiger partial charge in [-0.25, -0.2) is 0 Å². The van der Waals surface area contributed by atoms with Crippen molar-refractivity contribution in [1.82, 2.24) is 5.32 Å². The van der Waals surface area contributed by atoms with Crippen LogP contribution < -0.4 is 14.8 Å². The first-order valence-corrected chi connectivity index (χ1v) is 8.54. The Labute approximate surface area is 143 Å². The summed E-state index contributed by atoms with van der Waals surface area (Å²) in [6, 6.07) is 7.30. The summed E-state index contributed by atoms with van der Waals surface area (Å²) in [4.78, 5) is 12.1. The van der Waals surface area contributed by atoms with Crippen molar-refractivity contribution in [2.45, 2.75) is 45.4 Å². The molecule has 0 fully saturated rings. The van der Waals surface area contributed by atoms with Crippen molar-refractivity contribution in [1.29, 1.82) is 5.26 Å². The number of unbranched alkanes of at least 4 members (excludes halogenated alkanes) is 5. The van der Waals surface area contributed by atoms with Gasteiger partial charge in [0.05, 0.1) is 0 Å². The first-order valence-electron chi connectivity index (χ1n) is 8.54. The monoisotopic (exact) mass is 328 g/mol. The number of hydrogen-bond acceptors (Lipinski definition) is 4. The summed E-state index contributed by atoms with van der Waals surface area (Å²) in [5, 5.41) is 12.0. The minimum atomic E-state index is -0.330. The zero-order valence-corrected chi connectivity index (χ0v) is 14.1. The molecule has 0 atom stereocenters. The molecule has 1 aromatic rings. The standard InChI is InChI=1S/C19H24N2O3/c1-2-3-4-5-6-7-10-21-19(22)16(13-20)11-15-8-9-17-18(12-15)24-14-23-17/h8-9,11-12H,2-7,10,14H2,1H3,(H,21,22)/b16-11+. The van der Waals surface area contributed by atoms with Gasteiger partial charge < -0.3 is 14.8 Å². The van der Waals surface area contributed by atoms with E-state index in [1.165, 1.54) is 25.7 Å². The summed E-state index contributed by atoms with van der Waals surface area (Å²) < 4.78 is 10.5. The molecule has 0 aromatic heterocycles. The molecule has 1 N–H and O–H groups in total. The molecule has 0 aliphatic carbocycles. The maximum Gasteiger partial charge on any atom is 0.261 e. The highest BCUT2D eigenvalue weighted by atomic mass is 16.7. The van der Waals surface area contributed by atoms with Crippen LogP contribution in [0.3, 0.4) is 0 Å². The van der Waals surface area contributed by atoms with Crippen molar-refractivity contribution in [3.05, 3.63) is 29.3 Å². The van der Waals surface area contributed by atoms with Crippen LogP contribution in [0.4, 0.5) is 0 Å². The summed E-state index contributed by atoms with van der Waals surface area (Å²) in [7, 11) is 0.